The smallest absolute Gasteiger partial charge is 0.191 e. The van der Waals surface area contributed by atoms with E-state index >= 15 is 0 Å². The molecule has 3 atom stereocenters. The summed E-state index contributed by atoms with van der Waals surface area (Å²) in [5.41, 5.74) is 0.173. The molecule has 0 aromatic carbocycles. The number of aliphatic hydroxyl groups excluding tert-OH is 1. The maximum Gasteiger partial charge on any atom is 0.191 e. The van der Waals surface area contributed by atoms with Crippen LogP contribution in [0.3, 0.4) is 0 Å². The summed E-state index contributed by atoms with van der Waals surface area (Å²) >= 11 is 0. The molecule has 0 bridgehead atoms. The molecule has 6 nitrogen and oxygen atoms in total. The molecule has 6 heteroatoms. The number of likely N-dealkylation sites (tertiary alicyclic amines) is 1. The molecule has 3 N–H and O–H groups in total. The summed E-state index contributed by atoms with van der Waals surface area (Å²) in [4.78, 5) is 7.23. The SMILES string of the molecule is CCNC(=NCCCN1CCC(O)CC1)NC1C2CCOC2C1(C)C. The first-order valence-electron chi connectivity index (χ1n) is 10.1. The minimum atomic E-state index is -0.0898. The molecular weight excluding hydrogens is 316 g/mol. The second-order valence-electron chi connectivity index (χ2n) is 8.37. The van der Waals surface area contributed by atoms with Crippen molar-refractivity contribution in [1.29, 1.82) is 0 Å². The highest BCUT2D eigenvalue weighted by atomic mass is 16.5. The lowest BCUT2D eigenvalue weighted by molar-refractivity contribution is -0.106. The number of aliphatic hydroxyl groups is 1. The molecule has 0 aromatic rings. The third-order valence-corrected chi connectivity index (χ3v) is 6.20. The quantitative estimate of drug-likeness (QED) is 0.381. The van der Waals surface area contributed by atoms with Gasteiger partial charge in [0.25, 0.3) is 0 Å². The second-order valence-corrected chi connectivity index (χ2v) is 8.37. The molecule has 3 rings (SSSR count). The fraction of sp³-hybridized carbons (Fsp3) is 0.947. The summed E-state index contributed by atoms with van der Waals surface area (Å²) in [6.07, 6.45) is 4.36. The van der Waals surface area contributed by atoms with Gasteiger partial charge >= 0.3 is 0 Å². The number of rotatable bonds is 6. The van der Waals surface area contributed by atoms with Gasteiger partial charge in [0.15, 0.2) is 5.96 Å². The van der Waals surface area contributed by atoms with Crippen molar-refractivity contribution < 1.29 is 9.84 Å². The fourth-order valence-electron chi connectivity index (χ4n) is 4.71. The second kappa shape index (κ2) is 8.23. The summed E-state index contributed by atoms with van der Waals surface area (Å²) in [5, 5.41) is 16.6. The van der Waals surface area contributed by atoms with E-state index in [-0.39, 0.29) is 11.5 Å². The number of ether oxygens (including phenoxy) is 1. The van der Waals surface area contributed by atoms with E-state index in [0.717, 1.165) is 71.0 Å². The highest BCUT2D eigenvalue weighted by molar-refractivity contribution is 5.80. The molecule has 0 radical (unpaired) electrons. The molecular formula is C19H36N4O2. The first-order valence-corrected chi connectivity index (χ1v) is 10.1. The minimum Gasteiger partial charge on any atom is -0.393 e. The summed E-state index contributed by atoms with van der Waals surface area (Å²) < 4.78 is 5.89. The van der Waals surface area contributed by atoms with Gasteiger partial charge in [0.1, 0.15) is 0 Å². The van der Waals surface area contributed by atoms with Crippen LogP contribution in [0.1, 0.15) is 46.5 Å². The Kier molecular flexibility index (Phi) is 6.23. The van der Waals surface area contributed by atoms with Gasteiger partial charge in [-0.2, -0.15) is 0 Å². The van der Waals surface area contributed by atoms with Crippen molar-refractivity contribution in [1.82, 2.24) is 15.5 Å². The zero-order valence-corrected chi connectivity index (χ0v) is 16.1. The standard InChI is InChI=1S/C19H36N4O2/c1-4-20-18(21-9-5-10-23-11-6-14(24)7-12-23)22-16-15-8-13-25-17(15)19(16,2)3/h14-17,24H,4-13H2,1-3H3,(H2,20,21,22). The Balaban J connectivity index is 1.45. The zero-order chi connectivity index (χ0) is 17.9. The Morgan fingerprint density at radius 3 is 2.76 bits per heavy atom. The van der Waals surface area contributed by atoms with Gasteiger partial charge in [-0.1, -0.05) is 13.8 Å². The van der Waals surface area contributed by atoms with Crippen LogP contribution < -0.4 is 10.6 Å². The lowest BCUT2D eigenvalue weighted by Crippen LogP contribution is -2.68. The van der Waals surface area contributed by atoms with Gasteiger partial charge in [-0.25, -0.2) is 0 Å². The lowest BCUT2D eigenvalue weighted by Gasteiger charge is -2.54. The van der Waals surface area contributed by atoms with Crippen LogP contribution in [-0.4, -0.2) is 73.5 Å². The van der Waals surface area contributed by atoms with Crippen molar-refractivity contribution in [2.75, 3.05) is 39.3 Å². The van der Waals surface area contributed by atoms with E-state index in [4.69, 9.17) is 9.73 Å². The van der Waals surface area contributed by atoms with Gasteiger partial charge < -0.3 is 25.4 Å². The average molecular weight is 353 g/mol. The van der Waals surface area contributed by atoms with Crippen LogP contribution in [-0.2, 0) is 4.74 Å². The van der Waals surface area contributed by atoms with Crippen LogP contribution in [0.2, 0.25) is 0 Å². The molecule has 0 aromatic heterocycles. The maximum atomic E-state index is 9.58. The van der Waals surface area contributed by atoms with Crippen LogP contribution in [0.4, 0.5) is 0 Å². The molecule has 0 spiro atoms. The van der Waals surface area contributed by atoms with Gasteiger partial charge in [0.05, 0.1) is 12.2 Å². The number of aliphatic imine (C=N–C) groups is 1. The topological polar surface area (TPSA) is 69.1 Å². The van der Waals surface area contributed by atoms with Gasteiger partial charge in [-0.3, -0.25) is 4.99 Å². The Hall–Kier alpha value is -0.850. The highest BCUT2D eigenvalue weighted by Crippen LogP contribution is 2.52. The van der Waals surface area contributed by atoms with Crippen molar-refractivity contribution in [2.45, 2.75) is 64.7 Å². The molecule has 144 valence electrons. The first-order chi connectivity index (χ1) is 12.0. The van der Waals surface area contributed by atoms with Crippen molar-refractivity contribution in [3.05, 3.63) is 0 Å². The maximum absolute atomic E-state index is 9.58. The molecule has 25 heavy (non-hydrogen) atoms. The largest absolute Gasteiger partial charge is 0.393 e. The van der Waals surface area contributed by atoms with E-state index in [9.17, 15) is 5.11 Å². The number of fused-ring (bicyclic) bond motifs is 1. The summed E-state index contributed by atoms with van der Waals surface area (Å²) in [5.74, 6) is 1.57. The number of guanidine groups is 1. The number of hydrogen-bond acceptors (Lipinski definition) is 4. The van der Waals surface area contributed by atoms with Gasteiger partial charge in [-0.05, 0) is 39.2 Å². The molecule has 1 aliphatic carbocycles. The molecule has 2 saturated heterocycles. The van der Waals surface area contributed by atoms with E-state index < -0.39 is 0 Å². The normalized spacial score (nSPS) is 33.0. The predicted molar refractivity (Wildman–Crippen MR) is 101 cm³/mol. The van der Waals surface area contributed by atoms with Crippen LogP contribution in [0.25, 0.3) is 0 Å². The lowest BCUT2D eigenvalue weighted by atomic mass is 9.57. The van der Waals surface area contributed by atoms with Gasteiger partial charge in [0.2, 0.25) is 0 Å². The number of piperidine rings is 1. The Labute approximate surface area is 152 Å². The number of nitrogens with one attached hydrogen (secondary N) is 2. The van der Waals surface area contributed by atoms with Crippen molar-refractivity contribution in [3.63, 3.8) is 0 Å². The number of nitrogens with zero attached hydrogens (tertiary/aromatic N) is 2. The van der Waals surface area contributed by atoms with Crippen molar-refractivity contribution >= 4 is 5.96 Å². The Morgan fingerprint density at radius 2 is 2.04 bits per heavy atom. The van der Waals surface area contributed by atoms with Crippen LogP contribution in [0, 0.1) is 11.3 Å². The van der Waals surface area contributed by atoms with Crippen molar-refractivity contribution in [2.24, 2.45) is 16.3 Å². The Morgan fingerprint density at radius 1 is 1.28 bits per heavy atom. The first kappa shape index (κ1) is 18.9. The van der Waals surface area contributed by atoms with E-state index in [2.05, 4.69) is 36.3 Å². The highest BCUT2D eigenvalue weighted by Gasteiger charge is 2.59. The molecule has 1 saturated carbocycles. The van der Waals surface area contributed by atoms with Gasteiger partial charge in [-0.15, -0.1) is 0 Å². The van der Waals surface area contributed by atoms with Crippen LogP contribution in [0.5, 0.6) is 0 Å². The molecule has 0 amide bonds. The summed E-state index contributed by atoms with van der Waals surface area (Å²) in [7, 11) is 0. The molecule has 3 unspecified atom stereocenters. The average Bonchev–Trinajstić information content (AvgIpc) is 3.05. The Bertz CT molecular complexity index is 460. The summed E-state index contributed by atoms with van der Waals surface area (Å²) in [6.45, 7) is 12.4. The molecule has 2 heterocycles. The third-order valence-electron chi connectivity index (χ3n) is 6.20. The van der Waals surface area contributed by atoms with Crippen LogP contribution in [0.15, 0.2) is 4.99 Å². The molecule has 3 fully saturated rings. The molecule has 3 aliphatic rings. The molecule has 2 aliphatic heterocycles. The van der Waals surface area contributed by atoms with Crippen molar-refractivity contribution in [3.8, 4) is 0 Å². The van der Waals surface area contributed by atoms with E-state index in [1.165, 1.54) is 0 Å². The minimum absolute atomic E-state index is 0.0898. The van der Waals surface area contributed by atoms with Gasteiger partial charge in [0, 0.05) is 50.2 Å². The fourth-order valence-corrected chi connectivity index (χ4v) is 4.71. The number of hydrogen-bond donors (Lipinski definition) is 3. The summed E-state index contributed by atoms with van der Waals surface area (Å²) in [6, 6.07) is 0.446. The van der Waals surface area contributed by atoms with E-state index in [0.29, 0.717) is 18.1 Å². The van der Waals surface area contributed by atoms with Crippen LogP contribution >= 0.6 is 0 Å². The third kappa shape index (κ3) is 4.29. The predicted octanol–water partition coefficient (Wildman–Crippen LogP) is 1.20. The zero-order valence-electron chi connectivity index (χ0n) is 16.1. The monoisotopic (exact) mass is 352 g/mol. The van der Waals surface area contributed by atoms with E-state index in [1.54, 1.807) is 0 Å². The van der Waals surface area contributed by atoms with E-state index in [1.807, 2.05) is 0 Å².